The molecule has 3 rings (SSSR count). The van der Waals surface area contributed by atoms with Crippen molar-refractivity contribution >= 4 is 23.7 Å². The van der Waals surface area contributed by atoms with Gasteiger partial charge in [-0.2, -0.15) is 5.10 Å². The molecule has 1 heterocycles. The van der Waals surface area contributed by atoms with E-state index in [0.29, 0.717) is 16.7 Å². The first-order chi connectivity index (χ1) is 10.2. The molecule has 0 unspecified atom stereocenters. The molecule has 5 heteroatoms. The molecule has 0 aliphatic carbocycles. The van der Waals surface area contributed by atoms with Gasteiger partial charge in [-0.05, 0) is 18.2 Å². The minimum absolute atomic E-state index is 0.277. The first-order valence-electron chi connectivity index (χ1n) is 6.48. The van der Waals surface area contributed by atoms with E-state index in [1.165, 1.54) is 7.05 Å². The number of nitrogens with one attached hydrogen (secondary N) is 1. The third-order valence-corrected chi connectivity index (χ3v) is 3.32. The van der Waals surface area contributed by atoms with Crippen LogP contribution >= 0.6 is 0 Å². The minimum atomic E-state index is -0.295. The van der Waals surface area contributed by atoms with Crippen LogP contribution in [0.3, 0.4) is 0 Å². The van der Waals surface area contributed by atoms with Gasteiger partial charge >= 0.3 is 0 Å². The van der Waals surface area contributed by atoms with E-state index in [-0.39, 0.29) is 11.8 Å². The van der Waals surface area contributed by atoms with E-state index < -0.39 is 0 Å². The van der Waals surface area contributed by atoms with E-state index in [2.05, 4.69) is 10.5 Å². The van der Waals surface area contributed by atoms with Crippen LogP contribution in [0.4, 0.5) is 5.69 Å². The first-order valence-corrected chi connectivity index (χ1v) is 6.48. The smallest absolute Gasteiger partial charge is 0.261 e. The summed E-state index contributed by atoms with van der Waals surface area (Å²) in [5, 5.41) is 4.12. The number of hydrogen-bond donors (Lipinski definition) is 1. The van der Waals surface area contributed by atoms with Crippen LogP contribution in [0.5, 0.6) is 0 Å². The van der Waals surface area contributed by atoms with E-state index in [4.69, 9.17) is 0 Å². The quantitative estimate of drug-likeness (QED) is 0.533. The number of fused-ring (bicyclic) bond motifs is 1. The van der Waals surface area contributed by atoms with Gasteiger partial charge < -0.3 is 0 Å². The lowest BCUT2D eigenvalue weighted by Crippen LogP contribution is -2.24. The van der Waals surface area contributed by atoms with Crippen LogP contribution < -0.4 is 5.43 Å². The highest BCUT2D eigenvalue weighted by atomic mass is 16.2. The van der Waals surface area contributed by atoms with Crippen LogP contribution in [-0.4, -0.2) is 30.0 Å². The Morgan fingerprint density at radius 2 is 1.76 bits per heavy atom. The van der Waals surface area contributed by atoms with Crippen LogP contribution in [0.15, 0.2) is 53.6 Å². The van der Waals surface area contributed by atoms with Crippen molar-refractivity contribution in [2.75, 3.05) is 12.5 Å². The Hall–Kier alpha value is -2.95. The second-order valence-corrected chi connectivity index (χ2v) is 4.68. The number of carbonyl (C=O) groups is 2. The molecule has 0 saturated carbocycles. The van der Waals surface area contributed by atoms with Crippen molar-refractivity contribution in [1.29, 1.82) is 0 Å². The average molecular weight is 279 g/mol. The van der Waals surface area contributed by atoms with Crippen molar-refractivity contribution < 1.29 is 9.59 Å². The molecule has 1 N–H and O–H groups in total. The van der Waals surface area contributed by atoms with Gasteiger partial charge in [0.1, 0.15) is 0 Å². The van der Waals surface area contributed by atoms with E-state index in [0.717, 1.165) is 10.6 Å². The largest absolute Gasteiger partial charge is 0.279 e. The highest BCUT2D eigenvalue weighted by Gasteiger charge is 2.34. The summed E-state index contributed by atoms with van der Waals surface area (Å²) in [5.41, 5.74) is 5.18. The monoisotopic (exact) mass is 279 g/mol. The molecular formula is C16H13N3O2. The third kappa shape index (κ3) is 2.29. The zero-order valence-corrected chi connectivity index (χ0v) is 11.4. The summed E-state index contributed by atoms with van der Waals surface area (Å²) in [6.07, 6.45) is 1.55. The Morgan fingerprint density at radius 1 is 1.00 bits per heavy atom. The lowest BCUT2D eigenvalue weighted by atomic mass is 10.0. The van der Waals surface area contributed by atoms with Crippen molar-refractivity contribution in [3.05, 3.63) is 65.2 Å². The van der Waals surface area contributed by atoms with Crippen LogP contribution in [0.25, 0.3) is 0 Å². The molecule has 104 valence electrons. The Kier molecular flexibility index (Phi) is 3.23. The summed E-state index contributed by atoms with van der Waals surface area (Å²) in [4.78, 5) is 25.1. The van der Waals surface area contributed by atoms with Gasteiger partial charge in [-0.15, -0.1) is 0 Å². The molecule has 0 atom stereocenters. The molecular weight excluding hydrogens is 266 g/mol. The maximum absolute atomic E-state index is 12.1. The highest BCUT2D eigenvalue weighted by Crippen LogP contribution is 2.24. The number of imide groups is 1. The summed E-state index contributed by atoms with van der Waals surface area (Å²) >= 11 is 0. The Labute approximate surface area is 121 Å². The summed E-state index contributed by atoms with van der Waals surface area (Å²) < 4.78 is 0. The van der Waals surface area contributed by atoms with Gasteiger partial charge in [-0.25, -0.2) is 0 Å². The van der Waals surface area contributed by atoms with Crippen LogP contribution in [0.1, 0.15) is 26.3 Å². The fourth-order valence-corrected chi connectivity index (χ4v) is 2.22. The number of rotatable bonds is 3. The first kappa shape index (κ1) is 13.1. The molecule has 0 spiro atoms. The van der Waals surface area contributed by atoms with E-state index >= 15 is 0 Å². The fraction of sp³-hybridized carbons (Fsp3) is 0.0625. The number of amides is 2. The summed E-state index contributed by atoms with van der Waals surface area (Å²) in [5.74, 6) is -0.571. The number of carbonyl (C=O) groups excluding carboxylic acids is 2. The van der Waals surface area contributed by atoms with Gasteiger partial charge in [0.25, 0.3) is 11.8 Å². The van der Waals surface area contributed by atoms with Crippen molar-refractivity contribution in [2.24, 2.45) is 5.10 Å². The second kappa shape index (κ2) is 5.20. The van der Waals surface area contributed by atoms with Gasteiger partial charge in [0.2, 0.25) is 0 Å². The lowest BCUT2D eigenvalue weighted by molar-refractivity contribution is 0.0693. The Bertz CT molecular complexity index is 738. The minimum Gasteiger partial charge on any atom is -0.279 e. The summed E-state index contributed by atoms with van der Waals surface area (Å²) in [6, 6.07) is 14.6. The number of benzene rings is 2. The van der Waals surface area contributed by atoms with Crippen molar-refractivity contribution in [3.63, 3.8) is 0 Å². The Balaban J connectivity index is 1.88. The molecule has 0 aromatic heterocycles. The van der Waals surface area contributed by atoms with E-state index in [1.807, 2.05) is 30.3 Å². The predicted octanol–water partition coefficient (Wildman–Crippen LogP) is 2.36. The van der Waals surface area contributed by atoms with Crippen LogP contribution in [0, 0.1) is 0 Å². The zero-order chi connectivity index (χ0) is 14.8. The average Bonchev–Trinajstić information content (AvgIpc) is 2.74. The van der Waals surface area contributed by atoms with Gasteiger partial charge in [-0.1, -0.05) is 30.3 Å². The SMILES string of the molecule is CN1C(=O)c2cccc(/C=N/Nc3ccccc3)c2C1=O. The van der Waals surface area contributed by atoms with Crippen LogP contribution in [-0.2, 0) is 0 Å². The number of para-hydroxylation sites is 1. The molecule has 0 saturated heterocycles. The van der Waals surface area contributed by atoms with Gasteiger partial charge in [0.15, 0.2) is 0 Å². The topological polar surface area (TPSA) is 61.8 Å². The molecule has 21 heavy (non-hydrogen) atoms. The van der Waals surface area contributed by atoms with E-state index in [1.54, 1.807) is 24.4 Å². The molecule has 2 aromatic rings. The molecule has 2 amide bonds. The molecule has 0 bridgehead atoms. The normalized spacial score (nSPS) is 13.9. The zero-order valence-electron chi connectivity index (χ0n) is 11.4. The maximum atomic E-state index is 12.1. The maximum Gasteiger partial charge on any atom is 0.261 e. The van der Waals surface area contributed by atoms with Gasteiger partial charge in [0.05, 0.1) is 23.0 Å². The lowest BCUT2D eigenvalue weighted by Gasteiger charge is -2.04. The number of hydrazone groups is 1. The standard InChI is InChI=1S/C16H13N3O2/c1-19-15(20)13-9-5-6-11(14(13)16(19)21)10-17-18-12-7-3-2-4-8-12/h2-10,18H,1H3/b17-10+. The highest BCUT2D eigenvalue weighted by molar-refractivity contribution is 6.23. The van der Waals surface area contributed by atoms with Gasteiger partial charge in [-0.3, -0.25) is 19.9 Å². The van der Waals surface area contributed by atoms with Crippen molar-refractivity contribution in [3.8, 4) is 0 Å². The Morgan fingerprint density at radius 3 is 2.52 bits per heavy atom. The van der Waals surface area contributed by atoms with E-state index in [9.17, 15) is 9.59 Å². The fourth-order valence-electron chi connectivity index (χ4n) is 2.22. The molecule has 0 fully saturated rings. The predicted molar refractivity (Wildman–Crippen MR) is 80.5 cm³/mol. The van der Waals surface area contributed by atoms with Crippen molar-refractivity contribution in [1.82, 2.24) is 4.90 Å². The molecule has 0 radical (unpaired) electrons. The van der Waals surface area contributed by atoms with Crippen molar-refractivity contribution in [2.45, 2.75) is 0 Å². The number of anilines is 1. The molecule has 5 nitrogen and oxygen atoms in total. The second-order valence-electron chi connectivity index (χ2n) is 4.68. The van der Waals surface area contributed by atoms with Gasteiger partial charge in [0, 0.05) is 12.6 Å². The number of hydrogen-bond acceptors (Lipinski definition) is 4. The molecule has 1 aliphatic heterocycles. The number of nitrogens with zero attached hydrogens (tertiary/aromatic N) is 2. The molecule has 1 aliphatic rings. The summed E-state index contributed by atoms with van der Waals surface area (Å²) in [7, 11) is 1.48. The third-order valence-electron chi connectivity index (χ3n) is 3.32. The molecule has 2 aromatic carbocycles. The van der Waals surface area contributed by atoms with Crippen LogP contribution in [0.2, 0.25) is 0 Å². The summed E-state index contributed by atoms with van der Waals surface area (Å²) in [6.45, 7) is 0.